The molecule has 0 unspecified atom stereocenters. The fraction of sp³-hybridized carbons (Fsp3) is 0.200. The molecule has 8 heteroatoms. The van der Waals surface area contributed by atoms with Crippen LogP contribution in [0.25, 0.3) is 0 Å². The largest absolute Gasteiger partial charge is 0.462 e. The highest BCUT2D eigenvalue weighted by molar-refractivity contribution is 5.90. The third-order valence-corrected chi connectivity index (χ3v) is 3.76. The van der Waals surface area contributed by atoms with Gasteiger partial charge in [-0.2, -0.15) is 0 Å². The molecule has 0 radical (unpaired) electrons. The van der Waals surface area contributed by atoms with Crippen molar-refractivity contribution in [2.75, 3.05) is 23.0 Å². The number of ether oxygens (including phenoxy) is 1. The number of nitrogens with two attached hydrogens (primary N) is 1. The lowest BCUT2D eigenvalue weighted by Crippen LogP contribution is -2.10. The number of carbonyl (C=O) groups excluding carboxylic acids is 1. The van der Waals surface area contributed by atoms with E-state index < -0.39 is 0 Å². The van der Waals surface area contributed by atoms with Crippen LogP contribution in [0.3, 0.4) is 0 Å². The van der Waals surface area contributed by atoms with E-state index in [0.29, 0.717) is 35.4 Å². The van der Waals surface area contributed by atoms with Crippen LogP contribution in [0.5, 0.6) is 0 Å². The monoisotopic (exact) mass is 378 g/mol. The van der Waals surface area contributed by atoms with E-state index in [9.17, 15) is 4.79 Å². The molecule has 3 rings (SSSR count). The quantitative estimate of drug-likeness (QED) is 0.532. The van der Waals surface area contributed by atoms with Crippen LogP contribution in [0.15, 0.2) is 55.1 Å². The molecule has 0 atom stereocenters. The zero-order valence-electron chi connectivity index (χ0n) is 15.7. The molecule has 0 spiro atoms. The van der Waals surface area contributed by atoms with Crippen LogP contribution in [0.1, 0.15) is 24.2 Å². The number of carbonyl (C=O) groups is 1. The summed E-state index contributed by atoms with van der Waals surface area (Å²) in [5, 5.41) is 6.26. The van der Waals surface area contributed by atoms with Crippen LogP contribution >= 0.6 is 0 Å². The van der Waals surface area contributed by atoms with Gasteiger partial charge in [-0.25, -0.2) is 14.8 Å². The van der Waals surface area contributed by atoms with Crippen LogP contribution in [-0.4, -0.2) is 27.5 Å². The van der Waals surface area contributed by atoms with E-state index in [1.54, 1.807) is 36.7 Å². The van der Waals surface area contributed by atoms with Crippen LogP contribution in [0.2, 0.25) is 0 Å². The van der Waals surface area contributed by atoms with Gasteiger partial charge >= 0.3 is 5.97 Å². The average Bonchev–Trinajstić information content (AvgIpc) is 2.70. The molecule has 3 aromatic rings. The maximum absolute atomic E-state index is 12.0. The first-order valence-electron chi connectivity index (χ1n) is 8.84. The van der Waals surface area contributed by atoms with E-state index in [1.165, 1.54) is 6.33 Å². The second-order valence-corrected chi connectivity index (χ2v) is 6.54. The average molecular weight is 378 g/mol. The Morgan fingerprint density at radius 2 is 1.57 bits per heavy atom. The van der Waals surface area contributed by atoms with Gasteiger partial charge in [0.2, 0.25) is 0 Å². The van der Waals surface area contributed by atoms with Gasteiger partial charge in [-0.15, -0.1) is 0 Å². The summed E-state index contributed by atoms with van der Waals surface area (Å²) in [6.07, 6.45) is 4.76. The number of benzene rings is 1. The smallest absolute Gasteiger partial charge is 0.338 e. The predicted molar refractivity (Wildman–Crippen MR) is 109 cm³/mol. The lowest BCUT2D eigenvalue weighted by Gasteiger charge is -2.13. The van der Waals surface area contributed by atoms with Gasteiger partial charge in [-0.1, -0.05) is 13.8 Å². The number of nitrogen functional groups attached to an aromatic ring is 1. The van der Waals surface area contributed by atoms with E-state index in [1.807, 2.05) is 26.0 Å². The molecule has 0 aliphatic rings. The third kappa shape index (κ3) is 4.94. The molecule has 28 heavy (non-hydrogen) atoms. The molecule has 2 aromatic heterocycles. The maximum Gasteiger partial charge on any atom is 0.338 e. The number of hydrogen-bond donors (Lipinski definition) is 3. The van der Waals surface area contributed by atoms with E-state index in [2.05, 4.69) is 25.6 Å². The van der Waals surface area contributed by atoms with Crippen LogP contribution in [-0.2, 0) is 4.74 Å². The Morgan fingerprint density at radius 1 is 1.00 bits per heavy atom. The van der Waals surface area contributed by atoms with Crippen molar-refractivity contribution in [2.24, 2.45) is 5.92 Å². The van der Waals surface area contributed by atoms with E-state index in [0.717, 1.165) is 11.4 Å². The first-order chi connectivity index (χ1) is 13.5. The van der Waals surface area contributed by atoms with Crippen LogP contribution in [0.4, 0.5) is 28.7 Å². The first-order valence-corrected chi connectivity index (χ1v) is 8.84. The van der Waals surface area contributed by atoms with Crippen molar-refractivity contribution < 1.29 is 9.53 Å². The summed E-state index contributed by atoms with van der Waals surface area (Å²) in [7, 11) is 0. The minimum atomic E-state index is -0.342. The first kappa shape index (κ1) is 19.1. The fourth-order valence-electron chi connectivity index (χ4n) is 2.32. The molecule has 2 heterocycles. The molecular formula is C20H22N6O2. The van der Waals surface area contributed by atoms with Gasteiger partial charge in [-0.05, 0) is 42.3 Å². The van der Waals surface area contributed by atoms with Crippen LogP contribution < -0.4 is 16.4 Å². The molecular weight excluding hydrogens is 356 g/mol. The number of nitrogens with zero attached hydrogens (tertiary/aromatic N) is 3. The molecule has 0 aliphatic heterocycles. The number of nitrogens with one attached hydrogen (secondary N) is 2. The van der Waals surface area contributed by atoms with Crippen molar-refractivity contribution in [1.82, 2.24) is 15.0 Å². The number of rotatable bonds is 7. The summed E-state index contributed by atoms with van der Waals surface area (Å²) in [5.74, 6) is 0.894. The summed E-state index contributed by atoms with van der Waals surface area (Å²) in [6.45, 7) is 4.37. The highest BCUT2D eigenvalue weighted by atomic mass is 16.5. The number of pyridine rings is 1. The fourth-order valence-corrected chi connectivity index (χ4v) is 2.32. The predicted octanol–water partition coefficient (Wildman–Crippen LogP) is 3.75. The van der Waals surface area contributed by atoms with E-state index in [-0.39, 0.29) is 5.97 Å². The van der Waals surface area contributed by atoms with E-state index in [4.69, 9.17) is 10.5 Å². The van der Waals surface area contributed by atoms with Crippen molar-refractivity contribution in [1.29, 1.82) is 0 Å². The van der Waals surface area contributed by atoms with Gasteiger partial charge in [0.25, 0.3) is 0 Å². The third-order valence-electron chi connectivity index (χ3n) is 3.76. The van der Waals surface area contributed by atoms with Gasteiger partial charge in [0.15, 0.2) is 11.6 Å². The minimum absolute atomic E-state index is 0.292. The van der Waals surface area contributed by atoms with Gasteiger partial charge < -0.3 is 21.1 Å². The van der Waals surface area contributed by atoms with Gasteiger partial charge in [-0.3, -0.25) is 4.98 Å². The van der Waals surface area contributed by atoms with Crippen LogP contribution in [0, 0.1) is 5.92 Å². The van der Waals surface area contributed by atoms with Crippen molar-refractivity contribution >= 4 is 34.7 Å². The number of anilines is 5. The standard InChI is InChI=1S/C20H22N6O2/c1-13(2)11-28-20(27)14-3-5-15(6-4-14)25-18-17(21)19(24-12-23-18)26-16-7-9-22-10-8-16/h3-10,12-13H,11,21H2,1-2H3,(H2,22,23,24,25,26). The lowest BCUT2D eigenvalue weighted by molar-refractivity contribution is 0.0459. The highest BCUT2D eigenvalue weighted by Gasteiger charge is 2.11. The summed E-state index contributed by atoms with van der Waals surface area (Å²) in [4.78, 5) is 24.3. The van der Waals surface area contributed by atoms with Gasteiger partial charge in [0, 0.05) is 23.8 Å². The molecule has 0 aliphatic carbocycles. The molecule has 144 valence electrons. The Hall–Kier alpha value is -3.68. The van der Waals surface area contributed by atoms with Crippen molar-refractivity contribution in [3.63, 3.8) is 0 Å². The summed E-state index contributed by atoms with van der Waals surface area (Å²) >= 11 is 0. The molecule has 0 bridgehead atoms. The van der Waals surface area contributed by atoms with Crippen molar-refractivity contribution in [2.45, 2.75) is 13.8 Å². The lowest BCUT2D eigenvalue weighted by atomic mass is 10.2. The molecule has 0 saturated carbocycles. The Bertz CT molecular complexity index is 929. The molecule has 0 saturated heterocycles. The molecule has 1 aromatic carbocycles. The molecule has 0 amide bonds. The van der Waals surface area contributed by atoms with Crippen molar-refractivity contribution in [3.8, 4) is 0 Å². The second kappa shape index (κ2) is 8.81. The molecule has 0 fully saturated rings. The Balaban J connectivity index is 1.70. The molecule has 8 nitrogen and oxygen atoms in total. The van der Waals surface area contributed by atoms with Gasteiger partial charge in [0.1, 0.15) is 12.0 Å². The summed E-state index contributed by atoms with van der Waals surface area (Å²) < 4.78 is 5.23. The van der Waals surface area contributed by atoms with Gasteiger partial charge in [0.05, 0.1) is 12.2 Å². The zero-order valence-corrected chi connectivity index (χ0v) is 15.7. The van der Waals surface area contributed by atoms with E-state index >= 15 is 0 Å². The number of esters is 1. The van der Waals surface area contributed by atoms with Crippen molar-refractivity contribution in [3.05, 3.63) is 60.7 Å². The summed E-state index contributed by atoms with van der Waals surface area (Å²) in [5.41, 5.74) is 8.60. The Labute approximate surface area is 163 Å². The molecule has 4 N–H and O–H groups in total. The Kier molecular flexibility index (Phi) is 6.01. The number of aromatic nitrogens is 3. The number of hydrogen-bond acceptors (Lipinski definition) is 8. The highest BCUT2D eigenvalue weighted by Crippen LogP contribution is 2.28. The Morgan fingerprint density at radius 3 is 2.14 bits per heavy atom. The normalized spacial score (nSPS) is 10.5. The zero-order chi connectivity index (χ0) is 19.9. The topological polar surface area (TPSA) is 115 Å². The second-order valence-electron chi connectivity index (χ2n) is 6.54. The summed E-state index contributed by atoms with van der Waals surface area (Å²) in [6, 6.07) is 10.5. The maximum atomic E-state index is 12.0. The minimum Gasteiger partial charge on any atom is -0.462 e. The SMILES string of the molecule is CC(C)COC(=O)c1ccc(Nc2ncnc(Nc3ccncc3)c2N)cc1.